The van der Waals surface area contributed by atoms with Crippen LogP contribution in [0.25, 0.3) is 0 Å². The summed E-state index contributed by atoms with van der Waals surface area (Å²) >= 11 is 0. The van der Waals surface area contributed by atoms with Crippen LogP contribution < -0.4 is 4.90 Å². The zero-order valence-corrected chi connectivity index (χ0v) is 15.5. The van der Waals surface area contributed by atoms with Crippen molar-refractivity contribution in [3.63, 3.8) is 0 Å². The first-order valence-electron chi connectivity index (χ1n) is 8.62. The number of anilines is 1. The van der Waals surface area contributed by atoms with E-state index in [1.54, 1.807) is 4.90 Å². The van der Waals surface area contributed by atoms with Gasteiger partial charge in [0, 0.05) is 31.4 Å². The second kappa shape index (κ2) is 7.11. The molecule has 142 valence electrons. The molecule has 1 fully saturated rings. The minimum absolute atomic E-state index is 0.0204. The van der Waals surface area contributed by atoms with Crippen LogP contribution in [0.1, 0.15) is 46.6 Å². The predicted octanol–water partition coefficient (Wildman–Crippen LogP) is 3.55. The number of nitrogens with zero attached hydrogens (tertiary/aromatic N) is 3. The Morgan fingerprint density at radius 3 is 2.12 bits per heavy atom. The SMILES string of the molecule is C[C@@H]1CN(c2ccc(C(C)(C)C)cn2)C[C@H](C)N1C(O)CC(F)(F)F. The first-order valence-corrected chi connectivity index (χ1v) is 8.62. The van der Waals surface area contributed by atoms with Gasteiger partial charge in [-0.15, -0.1) is 0 Å². The van der Waals surface area contributed by atoms with Crippen molar-refractivity contribution in [2.75, 3.05) is 18.0 Å². The van der Waals surface area contributed by atoms with Crippen LogP contribution in [0, 0.1) is 0 Å². The molecule has 2 rings (SSSR count). The van der Waals surface area contributed by atoms with Crippen molar-refractivity contribution in [3.05, 3.63) is 23.9 Å². The van der Waals surface area contributed by atoms with Gasteiger partial charge < -0.3 is 10.0 Å². The van der Waals surface area contributed by atoms with Gasteiger partial charge in [0.15, 0.2) is 0 Å². The van der Waals surface area contributed by atoms with Gasteiger partial charge in [-0.2, -0.15) is 13.2 Å². The van der Waals surface area contributed by atoms with Gasteiger partial charge in [-0.05, 0) is 30.9 Å². The lowest BCUT2D eigenvalue weighted by atomic mass is 9.88. The summed E-state index contributed by atoms with van der Waals surface area (Å²) in [6, 6.07) is 3.60. The molecule has 0 spiro atoms. The van der Waals surface area contributed by atoms with Gasteiger partial charge in [-0.3, -0.25) is 4.90 Å². The molecule has 25 heavy (non-hydrogen) atoms. The fraction of sp³-hybridized carbons (Fsp3) is 0.722. The Bertz CT molecular complexity index is 556. The van der Waals surface area contributed by atoms with E-state index in [0.717, 1.165) is 11.4 Å². The Kier molecular flexibility index (Phi) is 5.68. The number of alkyl halides is 3. The normalized spacial score (nSPS) is 24.4. The molecule has 0 aliphatic carbocycles. The third kappa shape index (κ3) is 5.07. The molecule has 2 heterocycles. The summed E-state index contributed by atoms with van der Waals surface area (Å²) in [5.74, 6) is 0.816. The second-order valence-corrected chi connectivity index (χ2v) is 8.01. The molecule has 1 aromatic heterocycles. The summed E-state index contributed by atoms with van der Waals surface area (Å²) in [5, 5.41) is 10.0. The molecule has 7 heteroatoms. The van der Waals surface area contributed by atoms with Crippen molar-refractivity contribution in [2.24, 2.45) is 0 Å². The molecule has 3 atom stereocenters. The molecular weight excluding hydrogens is 331 g/mol. The van der Waals surface area contributed by atoms with E-state index in [1.165, 1.54) is 0 Å². The number of halogens is 3. The van der Waals surface area contributed by atoms with Crippen LogP contribution in [-0.2, 0) is 5.41 Å². The zero-order chi connectivity index (χ0) is 19.0. The van der Waals surface area contributed by atoms with Crippen LogP contribution in [0.15, 0.2) is 18.3 Å². The number of hydrogen-bond acceptors (Lipinski definition) is 4. The van der Waals surface area contributed by atoms with Crippen molar-refractivity contribution in [1.82, 2.24) is 9.88 Å². The van der Waals surface area contributed by atoms with Crippen molar-refractivity contribution in [2.45, 2.75) is 70.9 Å². The van der Waals surface area contributed by atoms with Gasteiger partial charge in [0.1, 0.15) is 12.0 Å². The van der Waals surface area contributed by atoms with Crippen LogP contribution in [0.2, 0.25) is 0 Å². The Balaban J connectivity index is 2.09. The Labute approximate surface area is 147 Å². The summed E-state index contributed by atoms with van der Waals surface area (Å²) in [5.41, 5.74) is 1.16. The minimum Gasteiger partial charge on any atom is -0.378 e. The van der Waals surface area contributed by atoms with Gasteiger partial charge in [0.2, 0.25) is 0 Å². The van der Waals surface area contributed by atoms with E-state index in [0.29, 0.717) is 13.1 Å². The van der Waals surface area contributed by atoms with Gasteiger partial charge in [0.25, 0.3) is 0 Å². The van der Waals surface area contributed by atoms with Crippen LogP contribution in [0.5, 0.6) is 0 Å². The van der Waals surface area contributed by atoms with E-state index in [2.05, 4.69) is 30.7 Å². The van der Waals surface area contributed by atoms with Crippen LogP contribution in [-0.4, -0.2) is 52.6 Å². The average Bonchev–Trinajstić information content (AvgIpc) is 2.43. The molecule has 1 aliphatic heterocycles. The second-order valence-electron chi connectivity index (χ2n) is 8.01. The Morgan fingerprint density at radius 2 is 1.72 bits per heavy atom. The molecule has 0 radical (unpaired) electrons. The highest BCUT2D eigenvalue weighted by molar-refractivity contribution is 5.41. The molecule has 0 aromatic carbocycles. The van der Waals surface area contributed by atoms with E-state index in [-0.39, 0.29) is 17.5 Å². The molecule has 0 amide bonds. The smallest absolute Gasteiger partial charge is 0.378 e. The van der Waals surface area contributed by atoms with Crippen molar-refractivity contribution < 1.29 is 18.3 Å². The highest BCUT2D eigenvalue weighted by Crippen LogP contribution is 2.29. The van der Waals surface area contributed by atoms with Gasteiger partial charge in [-0.25, -0.2) is 4.98 Å². The molecule has 0 bridgehead atoms. The quantitative estimate of drug-likeness (QED) is 0.896. The van der Waals surface area contributed by atoms with E-state index in [4.69, 9.17) is 0 Å². The maximum atomic E-state index is 12.6. The van der Waals surface area contributed by atoms with E-state index < -0.39 is 18.8 Å². The number of aromatic nitrogens is 1. The third-order valence-corrected chi connectivity index (χ3v) is 4.68. The lowest BCUT2D eigenvalue weighted by Gasteiger charge is -2.47. The molecule has 1 unspecified atom stereocenters. The molecular formula is C18H28F3N3O. The first-order chi connectivity index (χ1) is 11.4. The van der Waals surface area contributed by atoms with E-state index in [9.17, 15) is 18.3 Å². The number of piperazine rings is 1. The summed E-state index contributed by atoms with van der Waals surface area (Å²) < 4.78 is 37.8. The highest BCUT2D eigenvalue weighted by atomic mass is 19.4. The first kappa shape index (κ1) is 20.0. The number of aliphatic hydroxyl groups excluding tert-OH is 1. The maximum Gasteiger partial charge on any atom is 0.392 e. The Hall–Kier alpha value is -1.34. The third-order valence-electron chi connectivity index (χ3n) is 4.68. The summed E-state index contributed by atoms with van der Waals surface area (Å²) in [6.45, 7) is 11.1. The van der Waals surface area contributed by atoms with E-state index in [1.807, 2.05) is 32.2 Å². The standard InChI is InChI=1S/C18H28F3N3O/c1-12-10-23(15-7-6-14(9-22-15)17(3,4)5)11-13(2)24(12)16(25)8-18(19,20)21/h6-7,9,12-13,16,25H,8,10-11H2,1-5H3/t12-,13+,16?. The largest absolute Gasteiger partial charge is 0.392 e. The summed E-state index contributed by atoms with van der Waals surface area (Å²) in [6.07, 6.45) is -5.24. The van der Waals surface area contributed by atoms with Crippen molar-refractivity contribution in [1.29, 1.82) is 0 Å². The lowest BCUT2D eigenvalue weighted by molar-refractivity contribution is -0.183. The predicted molar refractivity (Wildman–Crippen MR) is 92.6 cm³/mol. The Morgan fingerprint density at radius 1 is 1.16 bits per heavy atom. The van der Waals surface area contributed by atoms with Gasteiger partial charge in [0.05, 0.1) is 6.42 Å². The summed E-state index contributed by atoms with van der Waals surface area (Å²) in [7, 11) is 0. The maximum absolute atomic E-state index is 12.6. The average molecular weight is 359 g/mol. The molecule has 0 saturated carbocycles. The molecule has 1 aromatic rings. The fourth-order valence-electron chi connectivity index (χ4n) is 3.44. The van der Waals surface area contributed by atoms with Gasteiger partial charge >= 0.3 is 6.18 Å². The number of pyridine rings is 1. The minimum atomic E-state index is -4.37. The van der Waals surface area contributed by atoms with E-state index >= 15 is 0 Å². The highest BCUT2D eigenvalue weighted by Gasteiger charge is 2.39. The molecule has 1 saturated heterocycles. The zero-order valence-electron chi connectivity index (χ0n) is 15.5. The molecule has 4 nitrogen and oxygen atoms in total. The molecule has 1 aliphatic rings. The summed E-state index contributed by atoms with van der Waals surface area (Å²) in [4.78, 5) is 8.15. The van der Waals surface area contributed by atoms with Gasteiger partial charge in [-0.1, -0.05) is 26.8 Å². The topological polar surface area (TPSA) is 39.6 Å². The monoisotopic (exact) mass is 359 g/mol. The van der Waals surface area contributed by atoms with Crippen molar-refractivity contribution >= 4 is 5.82 Å². The number of aliphatic hydroxyl groups is 1. The number of rotatable bonds is 3. The lowest BCUT2D eigenvalue weighted by Crippen LogP contribution is -2.60. The van der Waals surface area contributed by atoms with Crippen molar-refractivity contribution in [3.8, 4) is 0 Å². The van der Waals surface area contributed by atoms with Crippen LogP contribution >= 0.6 is 0 Å². The number of hydrogen-bond donors (Lipinski definition) is 1. The van der Waals surface area contributed by atoms with Crippen LogP contribution in [0.4, 0.5) is 19.0 Å². The van der Waals surface area contributed by atoms with Crippen LogP contribution in [0.3, 0.4) is 0 Å². The fourth-order valence-corrected chi connectivity index (χ4v) is 3.44. The molecule has 1 N–H and O–H groups in total.